The maximum atomic E-state index is 8.40. The average molecular weight is 163 g/mol. The molecule has 0 radical (unpaired) electrons. The molecule has 0 aliphatic carbocycles. The number of fused-ring (bicyclic) bond motifs is 1. The van der Waals surface area contributed by atoms with Gasteiger partial charge in [-0.05, 0) is 24.3 Å². The van der Waals surface area contributed by atoms with Crippen molar-refractivity contribution in [2.45, 2.75) is 0 Å². The summed E-state index contributed by atoms with van der Waals surface area (Å²) in [5, 5.41) is 9.46. The Morgan fingerprint density at radius 3 is 2.92 bits per heavy atom. The van der Waals surface area contributed by atoms with Gasteiger partial charge in [0.2, 0.25) is 0 Å². The van der Waals surface area contributed by atoms with E-state index in [0.29, 0.717) is 5.75 Å². The summed E-state index contributed by atoms with van der Waals surface area (Å²) >= 11 is 0. The van der Waals surface area contributed by atoms with E-state index in [-0.39, 0.29) is 0 Å². The molecule has 0 fully saturated rings. The van der Waals surface area contributed by atoms with E-state index in [9.17, 15) is 0 Å². The van der Waals surface area contributed by atoms with Crippen LogP contribution in [0.15, 0.2) is 30.5 Å². The highest BCUT2D eigenvalue weighted by Crippen LogP contribution is 2.20. The largest absolute Gasteiger partial charge is 0.351 e. The van der Waals surface area contributed by atoms with Gasteiger partial charge in [-0.2, -0.15) is 0 Å². The van der Waals surface area contributed by atoms with Crippen LogP contribution in [0.25, 0.3) is 10.9 Å². The first-order chi connectivity index (χ1) is 5.81. The van der Waals surface area contributed by atoms with Crippen LogP contribution in [0.3, 0.4) is 0 Å². The maximum absolute atomic E-state index is 8.40. The summed E-state index contributed by atoms with van der Waals surface area (Å²) in [4.78, 5) is 4.12. The zero-order valence-corrected chi connectivity index (χ0v) is 6.69. The van der Waals surface area contributed by atoms with Crippen molar-refractivity contribution in [3.05, 3.63) is 30.5 Å². The van der Waals surface area contributed by atoms with E-state index in [1.807, 2.05) is 29.9 Å². The molecule has 2 aromatic rings. The van der Waals surface area contributed by atoms with Crippen molar-refractivity contribution < 1.29 is 10.1 Å². The van der Waals surface area contributed by atoms with Gasteiger partial charge >= 0.3 is 0 Å². The first-order valence-electron chi connectivity index (χ1n) is 3.68. The Morgan fingerprint density at radius 2 is 2.17 bits per heavy atom. The van der Waals surface area contributed by atoms with E-state index in [1.165, 1.54) is 0 Å². The van der Waals surface area contributed by atoms with Gasteiger partial charge in [-0.25, -0.2) is 5.26 Å². The number of hydrogen-bond acceptors (Lipinski definition) is 2. The molecule has 3 heteroatoms. The zero-order chi connectivity index (χ0) is 8.55. The van der Waals surface area contributed by atoms with Crippen LogP contribution < -0.4 is 4.89 Å². The van der Waals surface area contributed by atoms with Crippen LogP contribution in [0.2, 0.25) is 0 Å². The van der Waals surface area contributed by atoms with Gasteiger partial charge < -0.3 is 9.45 Å². The van der Waals surface area contributed by atoms with Gasteiger partial charge in [-0.15, -0.1) is 0 Å². The van der Waals surface area contributed by atoms with E-state index in [2.05, 4.69) is 4.89 Å². The molecular formula is C9H9NO2. The van der Waals surface area contributed by atoms with E-state index in [0.717, 1.165) is 10.9 Å². The van der Waals surface area contributed by atoms with E-state index in [1.54, 1.807) is 12.1 Å². The van der Waals surface area contributed by atoms with Crippen molar-refractivity contribution in [1.29, 1.82) is 0 Å². The van der Waals surface area contributed by atoms with Crippen LogP contribution in [0.4, 0.5) is 0 Å². The van der Waals surface area contributed by atoms with Crippen molar-refractivity contribution >= 4 is 10.9 Å². The molecule has 0 atom stereocenters. The molecule has 0 bridgehead atoms. The SMILES string of the molecule is Cn1ccc2cc(OO)ccc21. The number of benzene rings is 1. The van der Waals surface area contributed by atoms with Crippen molar-refractivity contribution in [2.75, 3.05) is 0 Å². The van der Waals surface area contributed by atoms with Crippen LogP contribution in [-0.4, -0.2) is 9.82 Å². The summed E-state index contributed by atoms with van der Waals surface area (Å²) in [5.74, 6) is 0.466. The zero-order valence-electron chi connectivity index (χ0n) is 6.69. The third-order valence-electron chi connectivity index (χ3n) is 1.96. The Morgan fingerprint density at radius 1 is 1.33 bits per heavy atom. The van der Waals surface area contributed by atoms with Crippen LogP contribution in [-0.2, 0) is 7.05 Å². The standard InChI is InChI=1S/C9H9NO2/c1-10-5-4-7-6-8(12-11)2-3-9(7)10/h2-6,11H,1H3. The van der Waals surface area contributed by atoms with Crippen LogP contribution in [0.1, 0.15) is 0 Å². The van der Waals surface area contributed by atoms with Crippen LogP contribution in [0, 0.1) is 0 Å². The Bertz CT molecular complexity index is 406. The molecule has 0 aliphatic rings. The summed E-state index contributed by atoms with van der Waals surface area (Å²) in [6.07, 6.45) is 1.96. The van der Waals surface area contributed by atoms with E-state index < -0.39 is 0 Å². The summed E-state index contributed by atoms with van der Waals surface area (Å²) in [6, 6.07) is 7.39. The minimum Gasteiger partial charge on any atom is -0.351 e. The smallest absolute Gasteiger partial charge is 0.165 e. The first-order valence-corrected chi connectivity index (χ1v) is 3.68. The fourth-order valence-electron chi connectivity index (χ4n) is 1.32. The Labute approximate surface area is 69.7 Å². The van der Waals surface area contributed by atoms with Crippen molar-refractivity contribution in [3.8, 4) is 5.75 Å². The molecule has 1 aromatic heterocycles. The molecule has 0 aliphatic heterocycles. The lowest BCUT2D eigenvalue weighted by atomic mass is 10.2. The predicted octanol–water partition coefficient (Wildman–Crippen LogP) is 2.03. The highest BCUT2D eigenvalue weighted by Gasteiger charge is 1.99. The number of hydrogen-bond donors (Lipinski definition) is 1. The second-order valence-corrected chi connectivity index (χ2v) is 2.74. The van der Waals surface area contributed by atoms with Gasteiger partial charge in [0.15, 0.2) is 5.75 Å². The first kappa shape index (κ1) is 7.18. The monoisotopic (exact) mass is 163 g/mol. The second-order valence-electron chi connectivity index (χ2n) is 2.74. The Kier molecular flexibility index (Phi) is 1.52. The number of aryl methyl sites for hydroxylation is 1. The van der Waals surface area contributed by atoms with Gasteiger partial charge in [0, 0.05) is 24.1 Å². The Hall–Kier alpha value is -1.48. The van der Waals surface area contributed by atoms with Crippen LogP contribution in [0.5, 0.6) is 5.75 Å². The third-order valence-corrected chi connectivity index (χ3v) is 1.96. The van der Waals surface area contributed by atoms with E-state index >= 15 is 0 Å². The summed E-state index contributed by atoms with van der Waals surface area (Å²) < 4.78 is 2.01. The molecule has 12 heavy (non-hydrogen) atoms. The lowest BCUT2D eigenvalue weighted by Crippen LogP contribution is -1.85. The quantitative estimate of drug-likeness (QED) is 0.515. The molecule has 1 N–H and O–H groups in total. The molecule has 0 saturated carbocycles. The minimum atomic E-state index is 0.466. The lowest BCUT2D eigenvalue weighted by molar-refractivity contribution is -0.137. The van der Waals surface area contributed by atoms with Crippen LogP contribution >= 0.6 is 0 Å². The highest BCUT2D eigenvalue weighted by atomic mass is 17.1. The normalized spacial score (nSPS) is 10.5. The summed E-state index contributed by atoms with van der Waals surface area (Å²) in [7, 11) is 1.97. The van der Waals surface area contributed by atoms with Crippen molar-refractivity contribution in [2.24, 2.45) is 7.05 Å². The fourth-order valence-corrected chi connectivity index (χ4v) is 1.32. The predicted molar refractivity (Wildman–Crippen MR) is 46.2 cm³/mol. The number of aromatic nitrogens is 1. The van der Waals surface area contributed by atoms with Gasteiger partial charge in [-0.3, -0.25) is 0 Å². The maximum Gasteiger partial charge on any atom is 0.165 e. The van der Waals surface area contributed by atoms with Gasteiger partial charge in [-0.1, -0.05) is 0 Å². The molecule has 62 valence electrons. The second kappa shape index (κ2) is 2.53. The van der Waals surface area contributed by atoms with Gasteiger partial charge in [0.05, 0.1) is 0 Å². The molecule has 1 aromatic carbocycles. The average Bonchev–Trinajstić information content (AvgIpc) is 2.47. The number of nitrogens with zero attached hydrogens (tertiary/aromatic N) is 1. The third kappa shape index (κ3) is 0.950. The van der Waals surface area contributed by atoms with Gasteiger partial charge in [0.25, 0.3) is 0 Å². The molecule has 0 saturated heterocycles. The summed E-state index contributed by atoms with van der Waals surface area (Å²) in [5.41, 5.74) is 1.12. The fraction of sp³-hybridized carbons (Fsp3) is 0.111. The Balaban J connectivity index is 2.69. The molecule has 3 nitrogen and oxygen atoms in total. The molecular weight excluding hydrogens is 154 g/mol. The molecule has 0 unspecified atom stereocenters. The lowest BCUT2D eigenvalue weighted by Gasteiger charge is -1.97. The topological polar surface area (TPSA) is 34.4 Å². The molecule has 1 heterocycles. The molecule has 2 rings (SSSR count). The minimum absolute atomic E-state index is 0.466. The van der Waals surface area contributed by atoms with Crippen molar-refractivity contribution in [1.82, 2.24) is 4.57 Å². The number of rotatable bonds is 1. The summed E-state index contributed by atoms with van der Waals surface area (Å²) in [6.45, 7) is 0. The molecule has 0 spiro atoms. The highest BCUT2D eigenvalue weighted by molar-refractivity contribution is 5.81. The van der Waals surface area contributed by atoms with E-state index in [4.69, 9.17) is 5.26 Å². The molecule has 0 amide bonds. The van der Waals surface area contributed by atoms with Crippen molar-refractivity contribution in [3.63, 3.8) is 0 Å². The van der Waals surface area contributed by atoms with Gasteiger partial charge in [0.1, 0.15) is 0 Å².